The Labute approximate surface area is 148 Å². The zero-order chi connectivity index (χ0) is 18.9. The third kappa shape index (κ3) is 3.75. The Kier molecular flexibility index (Phi) is 5.04. The molecule has 3 rings (SSSR count). The molecule has 0 aliphatic carbocycles. The lowest BCUT2D eigenvalue weighted by Gasteiger charge is -2.32. The number of benzene rings is 1. The van der Waals surface area contributed by atoms with Gasteiger partial charge in [0.15, 0.2) is 0 Å². The van der Waals surface area contributed by atoms with Gasteiger partial charge in [0.05, 0.1) is 17.5 Å². The molecule has 0 amide bonds. The van der Waals surface area contributed by atoms with Crippen LogP contribution in [0.15, 0.2) is 35.5 Å². The minimum absolute atomic E-state index is 0.0434. The van der Waals surface area contributed by atoms with E-state index in [0.29, 0.717) is 12.6 Å². The van der Waals surface area contributed by atoms with Crippen LogP contribution in [-0.4, -0.2) is 39.2 Å². The maximum atomic E-state index is 12.8. The van der Waals surface area contributed by atoms with Crippen LogP contribution in [0, 0.1) is 0 Å². The fourth-order valence-electron chi connectivity index (χ4n) is 3.30. The van der Waals surface area contributed by atoms with E-state index in [1.807, 2.05) is 7.05 Å². The molecule has 1 atom stereocenters. The fourth-order valence-corrected chi connectivity index (χ4v) is 3.30. The van der Waals surface area contributed by atoms with E-state index < -0.39 is 17.5 Å². The van der Waals surface area contributed by atoms with Gasteiger partial charge < -0.3 is 10.0 Å². The normalized spacial score (nSPS) is 18.8. The molecule has 1 aliphatic heterocycles. The molecule has 5 nitrogen and oxygen atoms in total. The first-order chi connectivity index (χ1) is 12.3. The molecule has 1 aromatic heterocycles. The molecule has 1 saturated heterocycles. The van der Waals surface area contributed by atoms with Crippen molar-refractivity contribution in [3.63, 3.8) is 0 Å². The highest BCUT2D eigenvalue weighted by molar-refractivity contribution is 5.69. The summed E-state index contributed by atoms with van der Waals surface area (Å²) in [5.41, 5.74) is -1.22. The van der Waals surface area contributed by atoms with Gasteiger partial charge in [-0.25, -0.2) is 4.98 Å². The van der Waals surface area contributed by atoms with E-state index in [2.05, 4.69) is 9.88 Å². The molecule has 0 saturated carbocycles. The SMILES string of the molecule is CN1CCCCC1Cn1cncc(-c2ccc(C(F)(F)F)cc2O)c1=O. The predicted octanol–water partition coefficient (Wildman–Crippen LogP) is 3.12. The van der Waals surface area contributed by atoms with Crippen molar-refractivity contribution >= 4 is 0 Å². The van der Waals surface area contributed by atoms with Gasteiger partial charge in [0, 0.05) is 24.3 Å². The third-order valence-electron chi connectivity index (χ3n) is 4.85. The van der Waals surface area contributed by atoms with E-state index in [1.165, 1.54) is 17.1 Å². The summed E-state index contributed by atoms with van der Waals surface area (Å²) >= 11 is 0. The molecule has 1 aliphatic rings. The van der Waals surface area contributed by atoms with E-state index >= 15 is 0 Å². The highest BCUT2D eigenvalue weighted by atomic mass is 19.4. The van der Waals surface area contributed by atoms with Crippen LogP contribution in [0.1, 0.15) is 24.8 Å². The molecule has 2 heterocycles. The van der Waals surface area contributed by atoms with E-state index in [-0.39, 0.29) is 22.7 Å². The second kappa shape index (κ2) is 7.11. The molecular weight excluding hydrogens is 347 g/mol. The molecular formula is C18H20F3N3O2. The van der Waals surface area contributed by atoms with Crippen molar-refractivity contribution in [2.24, 2.45) is 0 Å². The smallest absolute Gasteiger partial charge is 0.416 e. The molecule has 26 heavy (non-hydrogen) atoms. The number of aromatic hydroxyl groups is 1. The number of phenolic OH excluding ortho intramolecular Hbond substituents is 1. The van der Waals surface area contributed by atoms with Crippen molar-refractivity contribution in [3.8, 4) is 16.9 Å². The number of alkyl halides is 3. The average molecular weight is 367 g/mol. The van der Waals surface area contributed by atoms with Crippen molar-refractivity contribution in [2.45, 2.75) is 38.0 Å². The van der Waals surface area contributed by atoms with Gasteiger partial charge in [0.1, 0.15) is 5.75 Å². The van der Waals surface area contributed by atoms with Crippen molar-refractivity contribution in [2.75, 3.05) is 13.6 Å². The highest BCUT2D eigenvalue weighted by Crippen LogP contribution is 2.35. The lowest BCUT2D eigenvalue weighted by molar-refractivity contribution is -0.137. The number of halogens is 3. The molecule has 0 spiro atoms. The van der Waals surface area contributed by atoms with E-state index in [9.17, 15) is 23.1 Å². The fraction of sp³-hybridized carbons (Fsp3) is 0.444. The molecule has 1 aromatic carbocycles. The maximum absolute atomic E-state index is 12.8. The van der Waals surface area contributed by atoms with Gasteiger partial charge in [0.25, 0.3) is 5.56 Å². The minimum atomic E-state index is -4.56. The van der Waals surface area contributed by atoms with Crippen molar-refractivity contribution < 1.29 is 18.3 Å². The summed E-state index contributed by atoms with van der Waals surface area (Å²) in [4.78, 5) is 19.0. The number of hydrogen-bond acceptors (Lipinski definition) is 4. The summed E-state index contributed by atoms with van der Waals surface area (Å²) in [5, 5.41) is 10.0. The first-order valence-corrected chi connectivity index (χ1v) is 8.42. The lowest BCUT2D eigenvalue weighted by Crippen LogP contribution is -2.41. The van der Waals surface area contributed by atoms with Gasteiger partial charge in [-0.1, -0.05) is 6.42 Å². The van der Waals surface area contributed by atoms with Crippen LogP contribution in [-0.2, 0) is 12.7 Å². The Bertz CT molecular complexity index is 848. The molecule has 8 heteroatoms. The van der Waals surface area contributed by atoms with Gasteiger partial charge in [0.2, 0.25) is 0 Å². The summed E-state index contributed by atoms with van der Waals surface area (Å²) in [6.07, 6.45) is 1.33. The van der Waals surface area contributed by atoms with E-state index in [1.54, 1.807) is 0 Å². The highest BCUT2D eigenvalue weighted by Gasteiger charge is 2.31. The van der Waals surface area contributed by atoms with Crippen LogP contribution in [0.25, 0.3) is 11.1 Å². The number of hydrogen-bond donors (Lipinski definition) is 1. The average Bonchev–Trinajstić information content (AvgIpc) is 2.58. The van der Waals surface area contributed by atoms with Gasteiger partial charge >= 0.3 is 6.18 Å². The van der Waals surface area contributed by atoms with Crippen LogP contribution in [0.5, 0.6) is 5.75 Å². The molecule has 1 N–H and O–H groups in total. The Hall–Kier alpha value is -2.35. The zero-order valence-electron chi connectivity index (χ0n) is 14.3. The summed E-state index contributed by atoms with van der Waals surface area (Å²) < 4.78 is 39.7. The largest absolute Gasteiger partial charge is 0.507 e. The number of aromatic nitrogens is 2. The van der Waals surface area contributed by atoms with Crippen LogP contribution < -0.4 is 5.56 Å². The number of nitrogens with zero attached hydrogens (tertiary/aromatic N) is 3. The van der Waals surface area contributed by atoms with Crippen LogP contribution >= 0.6 is 0 Å². The number of likely N-dealkylation sites (tertiary alicyclic amines) is 1. The van der Waals surface area contributed by atoms with Gasteiger partial charge in [-0.05, 0) is 44.6 Å². The zero-order valence-corrected chi connectivity index (χ0v) is 14.3. The van der Waals surface area contributed by atoms with Gasteiger partial charge in [-0.15, -0.1) is 0 Å². The molecule has 0 radical (unpaired) electrons. The number of piperidine rings is 1. The second-order valence-electron chi connectivity index (χ2n) is 6.62. The lowest BCUT2D eigenvalue weighted by atomic mass is 10.0. The summed E-state index contributed by atoms with van der Waals surface area (Å²) in [6.45, 7) is 1.42. The van der Waals surface area contributed by atoms with Crippen molar-refractivity contribution in [1.82, 2.24) is 14.5 Å². The van der Waals surface area contributed by atoms with E-state index in [4.69, 9.17) is 0 Å². The Morgan fingerprint density at radius 2 is 2.04 bits per heavy atom. The quantitative estimate of drug-likeness (QED) is 0.906. The Morgan fingerprint density at radius 3 is 2.69 bits per heavy atom. The molecule has 1 unspecified atom stereocenters. The van der Waals surface area contributed by atoms with Gasteiger partial charge in [-0.3, -0.25) is 9.36 Å². The monoisotopic (exact) mass is 367 g/mol. The first-order valence-electron chi connectivity index (χ1n) is 8.42. The number of likely N-dealkylation sites (N-methyl/N-ethyl adjacent to an activating group) is 1. The van der Waals surface area contributed by atoms with Crippen LogP contribution in [0.2, 0.25) is 0 Å². The van der Waals surface area contributed by atoms with E-state index in [0.717, 1.165) is 37.9 Å². The summed E-state index contributed by atoms with van der Waals surface area (Å²) in [5.74, 6) is -0.591. The summed E-state index contributed by atoms with van der Waals surface area (Å²) in [7, 11) is 2.01. The first kappa shape index (κ1) is 18.4. The van der Waals surface area contributed by atoms with Crippen molar-refractivity contribution in [1.29, 1.82) is 0 Å². The standard InChI is InChI=1S/C18H20F3N3O2/c1-23-7-3-2-4-13(23)10-24-11-22-9-15(17(24)26)14-6-5-12(8-16(14)25)18(19,20)21/h5-6,8-9,11,13,25H,2-4,7,10H2,1H3. The second-order valence-corrected chi connectivity index (χ2v) is 6.62. The van der Waals surface area contributed by atoms with Crippen molar-refractivity contribution in [3.05, 3.63) is 46.6 Å². The van der Waals surface area contributed by atoms with Gasteiger partial charge in [-0.2, -0.15) is 13.2 Å². The predicted molar refractivity (Wildman–Crippen MR) is 90.9 cm³/mol. The molecule has 0 bridgehead atoms. The molecule has 1 fully saturated rings. The third-order valence-corrected chi connectivity index (χ3v) is 4.85. The Morgan fingerprint density at radius 1 is 1.27 bits per heavy atom. The van der Waals surface area contributed by atoms with Crippen LogP contribution in [0.3, 0.4) is 0 Å². The summed E-state index contributed by atoms with van der Waals surface area (Å²) in [6, 6.07) is 2.79. The number of rotatable bonds is 3. The molecule has 140 valence electrons. The van der Waals surface area contributed by atoms with Crippen LogP contribution in [0.4, 0.5) is 13.2 Å². The molecule has 2 aromatic rings. The maximum Gasteiger partial charge on any atom is 0.416 e. The number of phenols is 1. The minimum Gasteiger partial charge on any atom is -0.507 e. The topological polar surface area (TPSA) is 58.4 Å². The Balaban J connectivity index is 1.93.